The second-order valence-corrected chi connectivity index (χ2v) is 5.48. The first-order valence-electron chi connectivity index (χ1n) is 6.74. The van der Waals surface area contributed by atoms with Crippen molar-refractivity contribution in [2.24, 2.45) is 5.92 Å². The van der Waals surface area contributed by atoms with Crippen molar-refractivity contribution in [3.63, 3.8) is 0 Å². The molecule has 2 rings (SSSR count). The Kier molecular flexibility index (Phi) is 4.36. The summed E-state index contributed by atoms with van der Waals surface area (Å²) in [7, 11) is 0. The van der Waals surface area contributed by atoms with Crippen molar-refractivity contribution in [1.82, 2.24) is 4.90 Å². The van der Waals surface area contributed by atoms with Crippen LogP contribution in [0.4, 0.5) is 4.39 Å². The number of piperidine rings is 1. The third-order valence-corrected chi connectivity index (χ3v) is 3.99. The van der Waals surface area contributed by atoms with Gasteiger partial charge in [0.05, 0.1) is 12.6 Å². The van der Waals surface area contributed by atoms with Crippen molar-refractivity contribution in [2.45, 2.75) is 38.8 Å². The number of benzene rings is 1. The largest absolute Gasteiger partial charge is 0.394 e. The van der Waals surface area contributed by atoms with Crippen LogP contribution in [-0.2, 0) is 0 Å². The molecule has 2 nitrogen and oxygen atoms in total. The van der Waals surface area contributed by atoms with Crippen LogP contribution in [0.15, 0.2) is 24.3 Å². The molecule has 1 aliphatic rings. The topological polar surface area (TPSA) is 23.5 Å². The fourth-order valence-corrected chi connectivity index (χ4v) is 2.84. The fourth-order valence-electron chi connectivity index (χ4n) is 2.84. The van der Waals surface area contributed by atoms with Crippen LogP contribution in [0.1, 0.15) is 38.3 Å². The third-order valence-electron chi connectivity index (χ3n) is 3.99. The average molecular weight is 251 g/mol. The first kappa shape index (κ1) is 13.5. The van der Waals surface area contributed by atoms with Crippen LogP contribution >= 0.6 is 0 Å². The predicted molar refractivity (Wildman–Crippen MR) is 70.8 cm³/mol. The number of rotatable bonds is 3. The minimum Gasteiger partial charge on any atom is -0.394 e. The molecule has 3 heteroatoms. The number of nitrogens with zero attached hydrogens (tertiary/aromatic N) is 1. The highest BCUT2D eigenvalue weighted by atomic mass is 19.1. The molecule has 1 aliphatic heterocycles. The highest BCUT2D eigenvalue weighted by Gasteiger charge is 2.29. The molecule has 3 atom stereocenters. The smallest absolute Gasteiger partial charge is 0.123 e. The minimum absolute atomic E-state index is 0.0108. The molecule has 0 aliphatic carbocycles. The summed E-state index contributed by atoms with van der Waals surface area (Å²) < 4.78 is 13.0. The Hall–Kier alpha value is -0.930. The molecule has 0 bridgehead atoms. The van der Waals surface area contributed by atoms with Crippen molar-refractivity contribution in [3.8, 4) is 0 Å². The molecule has 1 fully saturated rings. The molecule has 1 N–H and O–H groups in total. The summed E-state index contributed by atoms with van der Waals surface area (Å²) in [6.07, 6.45) is 2.41. The summed E-state index contributed by atoms with van der Waals surface area (Å²) >= 11 is 0. The first-order chi connectivity index (χ1) is 8.61. The molecule has 1 saturated heterocycles. The number of halogens is 1. The van der Waals surface area contributed by atoms with Crippen molar-refractivity contribution < 1.29 is 9.50 Å². The van der Waals surface area contributed by atoms with Gasteiger partial charge in [0.25, 0.3) is 0 Å². The van der Waals surface area contributed by atoms with Gasteiger partial charge in [-0.25, -0.2) is 4.39 Å². The second-order valence-electron chi connectivity index (χ2n) is 5.48. The van der Waals surface area contributed by atoms with Crippen LogP contribution < -0.4 is 0 Å². The van der Waals surface area contributed by atoms with Crippen LogP contribution in [0.2, 0.25) is 0 Å². The van der Waals surface area contributed by atoms with Crippen molar-refractivity contribution in [2.75, 3.05) is 13.2 Å². The Morgan fingerprint density at radius 1 is 1.28 bits per heavy atom. The zero-order chi connectivity index (χ0) is 13.1. The van der Waals surface area contributed by atoms with E-state index in [-0.39, 0.29) is 18.5 Å². The van der Waals surface area contributed by atoms with Gasteiger partial charge in [-0.15, -0.1) is 0 Å². The lowest BCUT2D eigenvalue weighted by Crippen LogP contribution is -2.44. The van der Waals surface area contributed by atoms with E-state index < -0.39 is 0 Å². The molecular formula is C15H22FNO. The predicted octanol–water partition coefficient (Wildman–Crippen LogP) is 2.98. The van der Waals surface area contributed by atoms with E-state index in [9.17, 15) is 9.50 Å². The normalized spacial score (nSPS) is 27.1. The Morgan fingerprint density at radius 3 is 2.56 bits per heavy atom. The lowest BCUT2D eigenvalue weighted by atomic mass is 9.92. The molecule has 18 heavy (non-hydrogen) atoms. The maximum Gasteiger partial charge on any atom is 0.123 e. The van der Waals surface area contributed by atoms with Crippen LogP contribution in [0.3, 0.4) is 0 Å². The summed E-state index contributed by atoms with van der Waals surface area (Å²) in [4.78, 5) is 2.35. The molecule has 100 valence electrons. The lowest BCUT2D eigenvalue weighted by molar-refractivity contribution is 0.0440. The Balaban J connectivity index is 2.19. The zero-order valence-corrected chi connectivity index (χ0v) is 11.1. The van der Waals surface area contributed by atoms with Gasteiger partial charge in [-0.3, -0.25) is 4.90 Å². The maximum atomic E-state index is 13.0. The number of hydrogen-bond donors (Lipinski definition) is 1. The van der Waals surface area contributed by atoms with Gasteiger partial charge < -0.3 is 5.11 Å². The summed E-state index contributed by atoms with van der Waals surface area (Å²) in [6.45, 7) is 5.54. The van der Waals surface area contributed by atoms with E-state index in [2.05, 4.69) is 18.7 Å². The third kappa shape index (κ3) is 2.90. The van der Waals surface area contributed by atoms with Crippen LogP contribution in [0.25, 0.3) is 0 Å². The molecule has 0 radical (unpaired) electrons. The van der Waals surface area contributed by atoms with Gasteiger partial charge in [-0.1, -0.05) is 19.1 Å². The Labute approximate surface area is 108 Å². The maximum absolute atomic E-state index is 13.0. The molecule has 1 heterocycles. The standard InChI is InChI=1S/C15H22FNO/c1-11-3-4-12(2)17(9-11)15(10-18)13-5-7-14(16)8-6-13/h5-8,11-12,15,18H,3-4,9-10H2,1-2H3/t11-,12-,15?/m1/s1. The van der Waals surface area contributed by atoms with E-state index in [0.717, 1.165) is 12.1 Å². The molecule has 0 aromatic heterocycles. The van der Waals surface area contributed by atoms with Gasteiger partial charge in [-0.2, -0.15) is 0 Å². The molecule has 0 amide bonds. The van der Waals surface area contributed by atoms with E-state index in [4.69, 9.17) is 0 Å². The van der Waals surface area contributed by atoms with E-state index in [0.29, 0.717) is 12.0 Å². The number of aliphatic hydroxyl groups is 1. The summed E-state index contributed by atoms with van der Waals surface area (Å²) in [5, 5.41) is 9.67. The Bertz CT molecular complexity index is 379. The van der Waals surface area contributed by atoms with Gasteiger partial charge in [0.15, 0.2) is 0 Å². The first-order valence-corrected chi connectivity index (χ1v) is 6.74. The molecule has 1 unspecified atom stereocenters. The monoisotopic (exact) mass is 251 g/mol. The average Bonchev–Trinajstić information content (AvgIpc) is 2.37. The summed E-state index contributed by atoms with van der Waals surface area (Å²) in [5.74, 6) is 0.436. The van der Waals surface area contributed by atoms with Crippen molar-refractivity contribution in [1.29, 1.82) is 0 Å². The van der Waals surface area contributed by atoms with Crippen molar-refractivity contribution in [3.05, 3.63) is 35.6 Å². The minimum atomic E-state index is -0.226. The lowest BCUT2D eigenvalue weighted by Gasteiger charge is -2.41. The van der Waals surface area contributed by atoms with Crippen LogP contribution in [0, 0.1) is 11.7 Å². The quantitative estimate of drug-likeness (QED) is 0.892. The van der Waals surface area contributed by atoms with Gasteiger partial charge >= 0.3 is 0 Å². The Morgan fingerprint density at radius 2 is 1.94 bits per heavy atom. The van der Waals surface area contributed by atoms with Gasteiger partial charge in [-0.05, 0) is 43.4 Å². The molecule has 0 spiro atoms. The van der Waals surface area contributed by atoms with Crippen molar-refractivity contribution >= 4 is 0 Å². The van der Waals surface area contributed by atoms with Gasteiger partial charge in [0.2, 0.25) is 0 Å². The molecule has 0 saturated carbocycles. The van der Waals surface area contributed by atoms with Gasteiger partial charge in [0, 0.05) is 12.6 Å². The SMILES string of the molecule is C[C@@H]1CC[C@@H](C)N(C(CO)c2ccc(F)cc2)C1. The summed E-state index contributed by atoms with van der Waals surface area (Å²) in [6, 6.07) is 6.96. The second kappa shape index (κ2) is 5.81. The van der Waals surface area contributed by atoms with E-state index >= 15 is 0 Å². The molecule has 1 aromatic carbocycles. The number of hydrogen-bond acceptors (Lipinski definition) is 2. The number of likely N-dealkylation sites (tertiary alicyclic amines) is 1. The van der Waals surface area contributed by atoms with Crippen LogP contribution in [0.5, 0.6) is 0 Å². The van der Waals surface area contributed by atoms with E-state index in [1.165, 1.54) is 25.0 Å². The van der Waals surface area contributed by atoms with E-state index in [1.54, 1.807) is 12.1 Å². The molecular weight excluding hydrogens is 229 g/mol. The summed E-state index contributed by atoms with van der Waals surface area (Å²) in [5.41, 5.74) is 1.000. The number of aliphatic hydroxyl groups excluding tert-OH is 1. The van der Waals surface area contributed by atoms with Gasteiger partial charge in [0.1, 0.15) is 5.82 Å². The zero-order valence-electron chi connectivity index (χ0n) is 11.1. The highest BCUT2D eigenvalue weighted by Crippen LogP contribution is 2.30. The molecule has 1 aromatic rings. The fraction of sp³-hybridized carbons (Fsp3) is 0.600. The van der Waals surface area contributed by atoms with Crippen LogP contribution in [-0.4, -0.2) is 29.2 Å². The van der Waals surface area contributed by atoms with E-state index in [1.807, 2.05) is 0 Å². The highest BCUT2D eigenvalue weighted by molar-refractivity contribution is 5.20.